The van der Waals surface area contributed by atoms with E-state index in [0.29, 0.717) is 18.8 Å². The van der Waals surface area contributed by atoms with Crippen LogP contribution in [0.3, 0.4) is 0 Å². The number of rotatable bonds is 4. The normalized spacial score (nSPS) is 21.4. The van der Waals surface area contributed by atoms with Gasteiger partial charge in [-0.15, -0.1) is 5.10 Å². The van der Waals surface area contributed by atoms with Crippen LogP contribution in [-0.2, 0) is 9.53 Å². The highest BCUT2D eigenvalue weighted by molar-refractivity contribution is 6.04. The fraction of sp³-hybridized carbons (Fsp3) is 0.286. The van der Waals surface area contributed by atoms with Crippen molar-refractivity contribution < 1.29 is 14.3 Å². The second-order valence-electron chi connectivity index (χ2n) is 6.68. The number of hydrazone groups is 1. The number of urea groups is 1. The molecule has 2 amide bonds. The molecule has 0 aliphatic carbocycles. The van der Waals surface area contributed by atoms with Crippen LogP contribution in [0.4, 0.5) is 4.79 Å². The molecule has 28 heavy (non-hydrogen) atoms. The quantitative estimate of drug-likeness (QED) is 0.767. The number of esters is 1. The summed E-state index contributed by atoms with van der Waals surface area (Å²) in [6.07, 6.45) is 0.436. The van der Waals surface area contributed by atoms with Gasteiger partial charge >= 0.3 is 12.0 Å². The standard InChI is InChI=1S/C21H22N4O3/c1-3-23-21(27)25-17(15-10-6-4-7-11-15)14-18(20(26)28-2)24(25)19(22-23)16-12-8-5-9-13-16/h4-13,17-18H,3,14H2,1-2H3. The van der Waals surface area contributed by atoms with E-state index in [2.05, 4.69) is 5.10 Å². The molecule has 2 aromatic carbocycles. The fourth-order valence-corrected chi connectivity index (χ4v) is 3.78. The van der Waals surface area contributed by atoms with Crippen molar-refractivity contribution in [1.29, 1.82) is 0 Å². The molecule has 0 radical (unpaired) electrons. The van der Waals surface area contributed by atoms with Crippen molar-refractivity contribution in [2.45, 2.75) is 25.4 Å². The third kappa shape index (κ3) is 2.89. The number of methoxy groups -OCH3 is 1. The number of hydrazine groups is 1. The second kappa shape index (κ2) is 7.34. The van der Waals surface area contributed by atoms with Crippen molar-refractivity contribution in [2.75, 3.05) is 13.7 Å². The van der Waals surface area contributed by atoms with Crippen molar-refractivity contribution in [3.05, 3.63) is 71.8 Å². The third-order valence-corrected chi connectivity index (χ3v) is 5.11. The lowest BCUT2D eigenvalue weighted by atomic mass is 10.0. The highest BCUT2D eigenvalue weighted by atomic mass is 16.5. The number of hydrogen-bond acceptors (Lipinski definition) is 5. The molecule has 7 nitrogen and oxygen atoms in total. The van der Waals surface area contributed by atoms with E-state index in [1.54, 1.807) is 10.0 Å². The highest BCUT2D eigenvalue weighted by Gasteiger charge is 2.51. The largest absolute Gasteiger partial charge is 0.467 e. The number of nitrogens with zero attached hydrogens (tertiary/aromatic N) is 4. The van der Waals surface area contributed by atoms with Crippen LogP contribution in [0.2, 0.25) is 0 Å². The summed E-state index contributed by atoms with van der Waals surface area (Å²) in [6.45, 7) is 2.31. The van der Waals surface area contributed by atoms with E-state index in [1.807, 2.05) is 67.6 Å². The first kappa shape index (κ1) is 18.0. The lowest BCUT2D eigenvalue weighted by molar-refractivity contribution is -0.146. The van der Waals surface area contributed by atoms with Crippen molar-refractivity contribution >= 4 is 17.8 Å². The molecule has 1 saturated heterocycles. The first-order chi connectivity index (χ1) is 13.7. The molecule has 2 heterocycles. The monoisotopic (exact) mass is 378 g/mol. The summed E-state index contributed by atoms with van der Waals surface area (Å²) in [5.74, 6) is 0.181. The van der Waals surface area contributed by atoms with Crippen molar-refractivity contribution in [2.24, 2.45) is 5.10 Å². The van der Waals surface area contributed by atoms with Gasteiger partial charge in [0.1, 0.15) is 0 Å². The first-order valence-corrected chi connectivity index (χ1v) is 9.32. The number of benzene rings is 2. The zero-order valence-corrected chi connectivity index (χ0v) is 15.9. The van der Waals surface area contributed by atoms with Gasteiger partial charge in [0, 0.05) is 18.5 Å². The molecule has 0 aromatic heterocycles. The molecule has 2 aromatic rings. The third-order valence-electron chi connectivity index (χ3n) is 5.11. The van der Waals surface area contributed by atoms with E-state index < -0.39 is 6.04 Å². The maximum Gasteiger partial charge on any atom is 0.359 e. The molecule has 1 fully saturated rings. The van der Waals surface area contributed by atoms with Gasteiger partial charge in [0.25, 0.3) is 0 Å². The van der Waals surface area contributed by atoms with Crippen LogP contribution in [0, 0.1) is 0 Å². The van der Waals surface area contributed by atoms with Crippen LogP contribution in [-0.4, -0.2) is 52.6 Å². The van der Waals surface area contributed by atoms with E-state index in [4.69, 9.17) is 4.74 Å². The lowest BCUT2D eigenvalue weighted by Crippen LogP contribution is -2.58. The summed E-state index contributed by atoms with van der Waals surface area (Å²) in [6, 6.07) is 18.2. The lowest BCUT2D eigenvalue weighted by Gasteiger charge is -2.41. The van der Waals surface area contributed by atoms with Crippen LogP contribution in [0.5, 0.6) is 0 Å². The SMILES string of the molecule is CCN1N=C(c2ccccc2)N2C(C(=O)OC)CC(c3ccccc3)N2C1=O. The highest BCUT2D eigenvalue weighted by Crippen LogP contribution is 2.40. The minimum absolute atomic E-state index is 0.248. The predicted octanol–water partition coefficient (Wildman–Crippen LogP) is 3.01. The summed E-state index contributed by atoms with van der Waals surface area (Å²) in [5.41, 5.74) is 1.80. The first-order valence-electron chi connectivity index (χ1n) is 9.32. The van der Waals surface area contributed by atoms with E-state index in [-0.39, 0.29) is 18.0 Å². The zero-order chi connectivity index (χ0) is 19.7. The van der Waals surface area contributed by atoms with Crippen LogP contribution < -0.4 is 0 Å². The molecule has 7 heteroatoms. The Morgan fingerprint density at radius 2 is 1.71 bits per heavy atom. The number of ether oxygens (including phenoxy) is 1. The van der Waals surface area contributed by atoms with E-state index in [0.717, 1.165) is 11.1 Å². The summed E-state index contributed by atoms with van der Waals surface area (Å²) in [7, 11) is 1.37. The van der Waals surface area contributed by atoms with Gasteiger partial charge in [-0.3, -0.25) is 0 Å². The van der Waals surface area contributed by atoms with E-state index >= 15 is 0 Å². The predicted molar refractivity (Wildman–Crippen MR) is 104 cm³/mol. The Morgan fingerprint density at radius 3 is 2.32 bits per heavy atom. The Hall–Kier alpha value is -3.35. The van der Waals surface area contributed by atoms with E-state index in [9.17, 15) is 9.59 Å². The van der Waals surface area contributed by atoms with Crippen LogP contribution in [0.25, 0.3) is 0 Å². The van der Waals surface area contributed by atoms with Crippen LogP contribution >= 0.6 is 0 Å². The number of carbonyl (C=O) groups excluding carboxylic acids is 2. The smallest absolute Gasteiger partial charge is 0.359 e. The molecule has 0 saturated carbocycles. The Bertz CT molecular complexity index is 900. The molecule has 2 unspecified atom stereocenters. The zero-order valence-electron chi connectivity index (χ0n) is 15.9. The molecule has 0 spiro atoms. The van der Waals surface area contributed by atoms with Crippen LogP contribution in [0.1, 0.15) is 30.5 Å². The number of fused-ring (bicyclic) bond motifs is 1. The number of carbonyl (C=O) groups is 2. The van der Waals surface area contributed by atoms with E-state index in [1.165, 1.54) is 12.1 Å². The van der Waals surface area contributed by atoms with Crippen molar-refractivity contribution in [3.63, 3.8) is 0 Å². The van der Waals surface area contributed by atoms with Gasteiger partial charge < -0.3 is 4.74 Å². The fourth-order valence-electron chi connectivity index (χ4n) is 3.78. The summed E-state index contributed by atoms with van der Waals surface area (Å²) >= 11 is 0. The average Bonchev–Trinajstić information content (AvgIpc) is 3.16. The summed E-state index contributed by atoms with van der Waals surface area (Å²) in [4.78, 5) is 25.8. The van der Waals surface area contributed by atoms with Gasteiger partial charge in [-0.05, 0) is 12.5 Å². The number of amides is 2. The van der Waals surface area contributed by atoms with Crippen LogP contribution in [0.15, 0.2) is 65.8 Å². The molecule has 0 bridgehead atoms. The van der Waals surface area contributed by atoms with Gasteiger partial charge in [0.05, 0.1) is 13.2 Å². The maximum absolute atomic E-state index is 13.2. The summed E-state index contributed by atoms with van der Waals surface area (Å²) in [5, 5.41) is 9.36. The topological polar surface area (TPSA) is 65.5 Å². The Labute approximate surface area is 163 Å². The maximum atomic E-state index is 13.2. The molecule has 2 aliphatic heterocycles. The Kier molecular flexibility index (Phi) is 4.73. The van der Waals surface area contributed by atoms with Crippen molar-refractivity contribution in [3.8, 4) is 0 Å². The molecule has 2 aliphatic rings. The molecule has 4 rings (SSSR count). The Balaban J connectivity index is 1.86. The molecule has 2 atom stereocenters. The second-order valence-corrected chi connectivity index (χ2v) is 6.68. The molecular formula is C21H22N4O3. The average molecular weight is 378 g/mol. The molecule has 0 N–H and O–H groups in total. The molecular weight excluding hydrogens is 356 g/mol. The van der Waals surface area contributed by atoms with Gasteiger partial charge in [-0.2, -0.15) is 0 Å². The van der Waals surface area contributed by atoms with Crippen molar-refractivity contribution in [1.82, 2.24) is 15.0 Å². The minimum Gasteiger partial charge on any atom is -0.467 e. The van der Waals surface area contributed by atoms with Gasteiger partial charge in [0.2, 0.25) is 0 Å². The Morgan fingerprint density at radius 1 is 1.07 bits per heavy atom. The van der Waals surface area contributed by atoms with Gasteiger partial charge in [-0.1, -0.05) is 60.7 Å². The van der Waals surface area contributed by atoms with Gasteiger partial charge in [0.15, 0.2) is 11.9 Å². The van der Waals surface area contributed by atoms with Gasteiger partial charge in [-0.25, -0.2) is 24.6 Å². The summed E-state index contributed by atoms with van der Waals surface area (Å²) < 4.78 is 5.05. The molecule has 144 valence electrons. The number of hydrogen-bond donors (Lipinski definition) is 0. The number of amidine groups is 1. The minimum atomic E-state index is -0.628.